The summed E-state index contributed by atoms with van der Waals surface area (Å²) in [5, 5.41) is 5.67. The molecule has 1 unspecified atom stereocenters. The highest BCUT2D eigenvalue weighted by atomic mass is 79.9. The number of halogens is 2. The van der Waals surface area contributed by atoms with Crippen LogP contribution in [0.25, 0.3) is 0 Å². The summed E-state index contributed by atoms with van der Waals surface area (Å²) in [5.41, 5.74) is 0.548. The zero-order chi connectivity index (χ0) is 14.5. The SMILES string of the molecule is CC(Nc1ccc(Br)c(F)c1)C(=O)NCc1ccco1. The van der Waals surface area contributed by atoms with E-state index in [-0.39, 0.29) is 11.7 Å². The van der Waals surface area contributed by atoms with E-state index in [2.05, 4.69) is 26.6 Å². The summed E-state index contributed by atoms with van der Waals surface area (Å²) in [6, 6.07) is 7.68. The van der Waals surface area contributed by atoms with Crippen molar-refractivity contribution in [2.75, 3.05) is 5.32 Å². The Labute approximate surface area is 124 Å². The molecule has 0 aliphatic rings. The fourth-order valence-corrected chi connectivity index (χ4v) is 1.89. The molecule has 2 rings (SSSR count). The van der Waals surface area contributed by atoms with Crippen molar-refractivity contribution in [3.05, 3.63) is 52.6 Å². The lowest BCUT2D eigenvalue weighted by Gasteiger charge is -2.15. The third-order valence-corrected chi connectivity index (χ3v) is 3.36. The summed E-state index contributed by atoms with van der Waals surface area (Å²) in [5.74, 6) is 0.114. The summed E-state index contributed by atoms with van der Waals surface area (Å²) < 4.78 is 18.9. The zero-order valence-electron chi connectivity index (χ0n) is 10.8. The quantitative estimate of drug-likeness (QED) is 0.877. The fraction of sp³-hybridized carbons (Fsp3) is 0.214. The smallest absolute Gasteiger partial charge is 0.242 e. The first-order chi connectivity index (χ1) is 9.56. The minimum Gasteiger partial charge on any atom is -0.467 e. The molecule has 1 atom stereocenters. The van der Waals surface area contributed by atoms with Crippen LogP contribution in [0.2, 0.25) is 0 Å². The fourth-order valence-electron chi connectivity index (χ4n) is 1.64. The van der Waals surface area contributed by atoms with Crippen molar-refractivity contribution in [2.24, 2.45) is 0 Å². The Morgan fingerprint density at radius 3 is 2.90 bits per heavy atom. The zero-order valence-corrected chi connectivity index (χ0v) is 12.4. The first-order valence-corrected chi connectivity index (χ1v) is 6.87. The molecule has 106 valence electrons. The number of hydrogen-bond donors (Lipinski definition) is 2. The largest absolute Gasteiger partial charge is 0.467 e. The van der Waals surface area contributed by atoms with Gasteiger partial charge >= 0.3 is 0 Å². The maximum Gasteiger partial charge on any atom is 0.242 e. The van der Waals surface area contributed by atoms with Gasteiger partial charge in [-0.2, -0.15) is 0 Å². The molecule has 1 amide bonds. The number of carbonyl (C=O) groups is 1. The summed E-state index contributed by atoms with van der Waals surface area (Å²) in [6.07, 6.45) is 1.55. The van der Waals surface area contributed by atoms with E-state index in [4.69, 9.17) is 4.42 Å². The van der Waals surface area contributed by atoms with Gasteiger partial charge in [0, 0.05) is 5.69 Å². The minimum atomic E-state index is -0.481. The highest BCUT2D eigenvalue weighted by Crippen LogP contribution is 2.19. The molecule has 6 heteroatoms. The van der Waals surface area contributed by atoms with Gasteiger partial charge in [0.2, 0.25) is 5.91 Å². The molecule has 2 aromatic rings. The summed E-state index contributed by atoms with van der Waals surface area (Å²) >= 11 is 3.08. The van der Waals surface area contributed by atoms with Gasteiger partial charge in [-0.05, 0) is 53.2 Å². The van der Waals surface area contributed by atoms with Crippen molar-refractivity contribution in [2.45, 2.75) is 19.5 Å². The van der Waals surface area contributed by atoms with Crippen LogP contribution in [-0.2, 0) is 11.3 Å². The van der Waals surface area contributed by atoms with Gasteiger partial charge in [0.1, 0.15) is 17.6 Å². The van der Waals surface area contributed by atoms with Crippen LogP contribution in [0.3, 0.4) is 0 Å². The van der Waals surface area contributed by atoms with Crippen LogP contribution in [0.15, 0.2) is 45.5 Å². The lowest BCUT2D eigenvalue weighted by Crippen LogP contribution is -2.37. The number of carbonyl (C=O) groups excluding carboxylic acids is 1. The molecule has 0 saturated carbocycles. The topological polar surface area (TPSA) is 54.3 Å². The standard InChI is InChI=1S/C14H14BrFN2O2/c1-9(14(19)17-8-11-3-2-6-20-11)18-10-4-5-12(15)13(16)7-10/h2-7,9,18H,8H2,1H3,(H,17,19). The highest BCUT2D eigenvalue weighted by Gasteiger charge is 2.13. The van der Waals surface area contributed by atoms with Crippen LogP contribution in [-0.4, -0.2) is 11.9 Å². The Kier molecular flexibility index (Phi) is 4.79. The second-order valence-corrected chi connectivity index (χ2v) is 5.15. The van der Waals surface area contributed by atoms with E-state index < -0.39 is 6.04 Å². The van der Waals surface area contributed by atoms with Crippen molar-refractivity contribution in [3.63, 3.8) is 0 Å². The molecule has 0 aliphatic carbocycles. The van der Waals surface area contributed by atoms with Gasteiger partial charge in [0.15, 0.2) is 0 Å². The predicted molar refractivity (Wildman–Crippen MR) is 77.7 cm³/mol. The van der Waals surface area contributed by atoms with Crippen LogP contribution >= 0.6 is 15.9 Å². The molecule has 0 spiro atoms. The van der Waals surface area contributed by atoms with Gasteiger partial charge < -0.3 is 15.1 Å². The van der Waals surface area contributed by atoms with Crippen molar-refractivity contribution >= 4 is 27.5 Å². The number of amides is 1. The Hall–Kier alpha value is -1.82. The lowest BCUT2D eigenvalue weighted by atomic mass is 10.2. The molecule has 1 aromatic heterocycles. The maximum atomic E-state index is 13.4. The van der Waals surface area contributed by atoms with Crippen molar-refractivity contribution < 1.29 is 13.6 Å². The second-order valence-electron chi connectivity index (χ2n) is 4.29. The van der Waals surface area contributed by atoms with E-state index in [1.807, 2.05) is 0 Å². The molecule has 0 bridgehead atoms. The number of rotatable bonds is 5. The molecule has 20 heavy (non-hydrogen) atoms. The van der Waals surface area contributed by atoms with Crippen molar-refractivity contribution in [1.29, 1.82) is 0 Å². The van der Waals surface area contributed by atoms with Crippen LogP contribution in [0, 0.1) is 5.82 Å². The van der Waals surface area contributed by atoms with Crippen LogP contribution < -0.4 is 10.6 Å². The highest BCUT2D eigenvalue weighted by molar-refractivity contribution is 9.10. The van der Waals surface area contributed by atoms with E-state index in [0.717, 1.165) is 0 Å². The van der Waals surface area contributed by atoms with Gasteiger partial charge in [-0.15, -0.1) is 0 Å². The maximum absolute atomic E-state index is 13.4. The molecule has 1 aromatic carbocycles. The van der Waals surface area contributed by atoms with Gasteiger partial charge in [0.05, 0.1) is 17.3 Å². The lowest BCUT2D eigenvalue weighted by molar-refractivity contribution is -0.121. The third-order valence-electron chi connectivity index (χ3n) is 2.71. The Bertz CT molecular complexity index is 587. The molecular formula is C14H14BrFN2O2. The Morgan fingerprint density at radius 1 is 1.45 bits per heavy atom. The minimum absolute atomic E-state index is 0.190. The molecular weight excluding hydrogens is 327 g/mol. The molecule has 4 nitrogen and oxygen atoms in total. The number of anilines is 1. The molecule has 0 saturated heterocycles. The summed E-state index contributed by atoms with van der Waals surface area (Å²) in [6.45, 7) is 2.03. The molecule has 0 radical (unpaired) electrons. The molecule has 0 fully saturated rings. The second kappa shape index (κ2) is 6.56. The van der Waals surface area contributed by atoms with E-state index >= 15 is 0 Å². The summed E-state index contributed by atoms with van der Waals surface area (Å²) in [4.78, 5) is 11.9. The van der Waals surface area contributed by atoms with E-state index in [1.165, 1.54) is 6.07 Å². The van der Waals surface area contributed by atoms with Crippen LogP contribution in [0.5, 0.6) is 0 Å². The normalized spacial score (nSPS) is 11.9. The third kappa shape index (κ3) is 3.84. The number of benzene rings is 1. The van der Waals surface area contributed by atoms with Crippen LogP contribution in [0.1, 0.15) is 12.7 Å². The number of nitrogens with one attached hydrogen (secondary N) is 2. The Balaban J connectivity index is 1.88. The first-order valence-electron chi connectivity index (χ1n) is 6.08. The molecule has 1 heterocycles. The molecule has 2 N–H and O–H groups in total. The van der Waals surface area contributed by atoms with Crippen molar-refractivity contribution in [3.8, 4) is 0 Å². The molecule has 0 aliphatic heterocycles. The van der Waals surface area contributed by atoms with E-state index in [9.17, 15) is 9.18 Å². The monoisotopic (exact) mass is 340 g/mol. The number of hydrogen-bond acceptors (Lipinski definition) is 3. The summed E-state index contributed by atoms with van der Waals surface area (Å²) in [7, 11) is 0. The average molecular weight is 341 g/mol. The average Bonchev–Trinajstić information content (AvgIpc) is 2.93. The Morgan fingerprint density at radius 2 is 2.25 bits per heavy atom. The van der Waals surface area contributed by atoms with Gasteiger partial charge in [-0.1, -0.05) is 0 Å². The van der Waals surface area contributed by atoms with E-state index in [0.29, 0.717) is 22.5 Å². The van der Waals surface area contributed by atoms with Gasteiger partial charge in [-0.3, -0.25) is 4.79 Å². The van der Waals surface area contributed by atoms with E-state index in [1.54, 1.807) is 37.5 Å². The van der Waals surface area contributed by atoms with Gasteiger partial charge in [-0.25, -0.2) is 4.39 Å². The first kappa shape index (κ1) is 14.6. The van der Waals surface area contributed by atoms with Gasteiger partial charge in [0.25, 0.3) is 0 Å². The van der Waals surface area contributed by atoms with Crippen LogP contribution in [0.4, 0.5) is 10.1 Å². The number of furan rings is 1. The predicted octanol–water partition coefficient (Wildman–Crippen LogP) is 3.30. The van der Waals surface area contributed by atoms with Crippen molar-refractivity contribution in [1.82, 2.24) is 5.32 Å².